The second kappa shape index (κ2) is 7.34. The quantitative estimate of drug-likeness (QED) is 0.915. The van der Waals surface area contributed by atoms with Gasteiger partial charge in [0, 0.05) is 37.7 Å². The number of carbonyl (C=O) groups is 2. The summed E-state index contributed by atoms with van der Waals surface area (Å²) in [6.45, 7) is 8.65. The lowest BCUT2D eigenvalue weighted by atomic mass is 9.88. The monoisotopic (exact) mass is 329 g/mol. The van der Waals surface area contributed by atoms with Gasteiger partial charge in [0.25, 0.3) is 5.91 Å². The average molecular weight is 329 g/mol. The molecule has 2 heterocycles. The van der Waals surface area contributed by atoms with Crippen molar-refractivity contribution in [2.75, 3.05) is 39.3 Å². The van der Waals surface area contributed by atoms with Crippen LogP contribution in [0.4, 0.5) is 0 Å². The Morgan fingerprint density at radius 1 is 1.12 bits per heavy atom. The molecule has 1 N–H and O–H groups in total. The van der Waals surface area contributed by atoms with Gasteiger partial charge in [-0.2, -0.15) is 0 Å². The van der Waals surface area contributed by atoms with Crippen molar-refractivity contribution in [1.82, 2.24) is 15.1 Å². The van der Waals surface area contributed by atoms with E-state index in [1.165, 1.54) is 0 Å². The zero-order valence-electron chi connectivity index (χ0n) is 14.6. The van der Waals surface area contributed by atoms with Crippen LogP contribution >= 0.6 is 0 Å². The normalized spacial score (nSPS) is 20.2. The Balaban J connectivity index is 1.60. The van der Waals surface area contributed by atoms with Crippen molar-refractivity contribution < 1.29 is 9.59 Å². The molecule has 0 radical (unpaired) electrons. The van der Waals surface area contributed by atoms with Crippen molar-refractivity contribution in [3.8, 4) is 0 Å². The fourth-order valence-electron chi connectivity index (χ4n) is 3.46. The van der Waals surface area contributed by atoms with Crippen LogP contribution in [0, 0.1) is 18.8 Å². The highest BCUT2D eigenvalue weighted by Gasteiger charge is 2.32. The lowest BCUT2D eigenvalue weighted by Gasteiger charge is -2.34. The summed E-state index contributed by atoms with van der Waals surface area (Å²) in [5.41, 5.74) is 1.83. The van der Waals surface area contributed by atoms with E-state index in [1.54, 1.807) is 0 Å². The Hall–Kier alpha value is -1.88. The second-order valence-corrected chi connectivity index (χ2v) is 7.05. The van der Waals surface area contributed by atoms with Crippen molar-refractivity contribution in [3.05, 3.63) is 35.4 Å². The molecule has 5 nitrogen and oxygen atoms in total. The summed E-state index contributed by atoms with van der Waals surface area (Å²) >= 11 is 0. The van der Waals surface area contributed by atoms with Crippen LogP contribution in [0.15, 0.2) is 24.3 Å². The Kier molecular flexibility index (Phi) is 5.19. The molecule has 1 unspecified atom stereocenters. The first-order valence-electron chi connectivity index (χ1n) is 8.91. The SMILES string of the molecule is Cc1cccc(C(=O)N2CCCN(C(=O)C(C)C3CNC3)CC2)c1. The van der Waals surface area contributed by atoms with E-state index < -0.39 is 0 Å². The topological polar surface area (TPSA) is 52.7 Å². The first-order chi connectivity index (χ1) is 11.6. The highest BCUT2D eigenvalue weighted by atomic mass is 16.2. The van der Waals surface area contributed by atoms with Gasteiger partial charge in [-0.15, -0.1) is 0 Å². The third kappa shape index (κ3) is 3.61. The van der Waals surface area contributed by atoms with Crippen molar-refractivity contribution >= 4 is 11.8 Å². The Morgan fingerprint density at radius 3 is 2.50 bits per heavy atom. The maximum atomic E-state index is 12.7. The van der Waals surface area contributed by atoms with E-state index >= 15 is 0 Å². The van der Waals surface area contributed by atoms with Gasteiger partial charge < -0.3 is 15.1 Å². The van der Waals surface area contributed by atoms with Crippen LogP contribution in [-0.2, 0) is 4.79 Å². The number of hydrogen-bond acceptors (Lipinski definition) is 3. The third-order valence-electron chi connectivity index (χ3n) is 5.27. The van der Waals surface area contributed by atoms with Gasteiger partial charge in [-0.05, 0) is 44.5 Å². The van der Waals surface area contributed by atoms with Crippen LogP contribution in [0.5, 0.6) is 0 Å². The molecule has 3 rings (SSSR count). The van der Waals surface area contributed by atoms with Gasteiger partial charge in [-0.1, -0.05) is 24.6 Å². The number of nitrogens with zero attached hydrogens (tertiary/aromatic N) is 2. The van der Waals surface area contributed by atoms with Crippen molar-refractivity contribution in [3.63, 3.8) is 0 Å². The molecule has 130 valence electrons. The second-order valence-electron chi connectivity index (χ2n) is 7.05. The van der Waals surface area contributed by atoms with Crippen LogP contribution in [-0.4, -0.2) is 60.9 Å². The third-order valence-corrected chi connectivity index (χ3v) is 5.27. The zero-order chi connectivity index (χ0) is 17.1. The summed E-state index contributed by atoms with van der Waals surface area (Å²) < 4.78 is 0. The standard InChI is InChI=1S/C19H27N3O2/c1-14-5-3-6-16(11-14)19(24)22-8-4-7-21(9-10-22)18(23)15(2)17-12-20-13-17/h3,5-6,11,15,17,20H,4,7-10,12-13H2,1-2H3. The van der Waals surface area contributed by atoms with Crippen LogP contribution in [0.3, 0.4) is 0 Å². The Morgan fingerprint density at radius 2 is 1.83 bits per heavy atom. The van der Waals surface area contributed by atoms with Crippen molar-refractivity contribution in [2.45, 2.75) is 20.3 Å². The largest absolute Gasteiger partial charge is 0.341 e. The predicted molar refractivity (Wildman–Crippen MR) is 93.8 cm³/mol. The minimum atomic E-state index is 0.0734. The lowest BCUT2D eigenvalue weighted by Crippen LogP contribution is -2.51. The number of amides is 2. The van der Waals surface area contributed by atoms with Gasteiger partial charge in [0.2, 0.25) is 5.91 Å². The summed E-state index contributed by atoms with van der Waals surface area (Å²) in [4.78, 5) is 29.2. The smallest absolute Gasteiger partial charge is 0.253 e. The fraction of sp³-hybridized carbons (Fsp3) is 0.579. The summed E-state index contributed by atoms with van der Waals surface area (Å²) in [6.07, 6.45) is 0.846. The number of carbonyl (C=O) groups excluding carboxylic acids is 2. The molecule has 2 aliphatic rings. The van der Waals surface area contributed by atoms with E-state index in [4.69, 9.17) is 0 Å². The lowest BCUT2D eigenvalue weighted by molar-refractivity contribution is -0.137. The van der Waals surface area contributed by atoms with Crippen LogP contribution in [0.1, 0.15) is 29.3 Å². The molecule has 1 aromatic carbocycles. The van der Waals surface area contributed by atoms with Crippen LogP contribution in [0.25, 0.3) is 0 Å². The van der Waals surface area contributed by atoms with Crippen molar-refractivity contribution in [2.24, 2.45) is 11.8 Å². The molecule has 0 saturated carbocycles. The summed E-state index contributed by atoms with van der Waals surface area (Å²) in [7, 11) is 0. The molecule has 5 heteroatoms. The van der Waals surface area contributed by atoms with Gasteiger partial charge in [0.05, 0.1) is 0 Å². The van der Waals surface area contributed by atoms with E-state index in [2.05, 4.69) is 5.32 Å². The molecule has 0 aromatic heterocycles. The summed E-state index contributed by atoms with van der Waals surface area (Å²) in [5.74, 6) is 0.853. The minimum absolute atomic E-state index is 0.0734. The predicted octanol–water partition coefficient (Wildman–Crippen LogP) is 1.53. The van der Waals surface area contributed by atoms with Gasteiger partial charge in [-0.3, -0.25) is 9.59 Å². The molecule has 2 fully saturated rings. The van der Waals surface area contributed by atoms with E-state index in [0.717, 1.165) is 43.7 Å². The van der Waals surface area contributed by atoms with Crippen molar-refractivity contribution in [1.29, 1.82) is 0 Å². The fourth-order valence-corrected chi connectivity index (χ4v) is 3.46. The van der Waals surface area contributed by atoms with E-state index in [1.807, 2.05) is 47.9 Å². The Labute approximate surface area is 144 Å². The number of aryl methyl sites for hydroxylation is 1. The number of hydrogen-bond donors (Lipinski definition) is 1. The number of nitrogens with one attached hydrogen (secondary N) is 1. The summed E-state index contributed by atoms with van der Waals surface area (Å²) in [5, 5.41) is 3.23. The maximum absolute atomic E-state index is 12.7. The molecule has 2 aliphatic heterocycles. The molecule has 0 aliphatic carbocycles. The minimum Gasteiger partial charge on any atom is -0.341 e. The summed E-state index contributed by atoms with van der Waals surface area (Å²) in [6, 6.07) is 7.72. The highest BCUT2D eigenvalue weighted by molar-refractivity contribution is 5.94. The molecule has 1 aromatic rings. The molecule has 1 atom stereocenters. The maximum Gasteiger partial charge on any atom is 0.253 e. The first-order valence-corrected chi connectivity index (χ1v) is 8.91. The first kappa shape index (κ1) is 17.0. The van der Waals surface area contributed by atoms with Gasteiger partial charge in [0.1, 0.15) is 0 Å². The molecular formula is C19H27N3O2. The van der Waals surface area contributed by atoms with Crippen LogP contribution < -0.4 is 5.32 Å². The number of benzene rings is 1. The van der Waals surface area contributed by atoms with Crippen LogP contribution in [0.2, 0.25) is 0 Å². The molecule has 24 heavy (non-hydrogen) atoms. The van der Waals surface area contributed by atoms with Gasteiger partial charge >= 0.3 is 0 Å². The van der Waals surface area contributed by atoms with E-state index in [-0.39, 0.29) is 17.7 Å². The molecule has 2 saturated heterocycles. The Bertz CT molecular complexity index is 612. The van der Waals surface area contributed by atoms with E-state index in [9.17, 15) is 9.59 Å². The molecule has 0 spiro atoms. The molecular weight excluding hydrogens is 302 g/mol. The zero-order valence-corrected chi connectivity index (χ0v) is 14.6. The van der Waals surface area contributed by atoms with Gasteiger partial charge in [0.15, 0.2) is 0 Å². The van der Waals surface area contributed by atoms with Gasteiger partial charge in [-0.25, -0.2) is 0 Å². The highest BCUT2D eigenvalue weighted by Crippen LogP contribution is 2.20. The molecule has 0 bridgehead atoms. The number of rotatable bonds is 3. The average Bonchev–Trinajstić information content (AvgIpc) is 2.77. The molecule has 2 amide bonds. The van der Waals surface area contributed by atoms with E-state index in [0.29, 0.717) is 19.0 Å².